The van der Waals surface area contributed by atoms with Gasteiger partial charge in [0.2, 0.25) is 5.91 Å². The number of amides is 1. The van der Waals surface area contributed by atoms with E-state index in [1.165, 1.54) is 12.1 Å². The van der Waals surface area contributed by atoms with Crippen LogP contribution in [-0.4, -0.2) is 17.4 Å². The Morgan fingerprint density at radius 1 is 1.04 bits per heavy atom. The van der Waals surface area contributed by atoms with E-state index in [2.05, 4.69) is 15.6 Å². The number of carbonyl (C=O) groups excluding carboxylic acids is 1. The van der Waals surface area contributed by atoms with Gasteiger partial charge in [-0.15, -0.1) is 0 Å². The normalized spacial score (nSPS) is 10.4. The van der Waals surface area contributed by atoms with Gasteiger partial charge >= 0.3 is 0 Å². The molecule has 138 valence electrons. The van der Waals surface area contributed by atoms with E-state index in [0.717, 1.165) is 34.8 Å². The lowest BCUT2D eigenvalue weighted by molar-refractivity contribution is -0.115. The number of pyridine rings is 1. The summed E-state index contributed by atoms with van der Waals surface area (Å²) in [4.78, 5) is 16.3. The smallest absolute Gasteiger partial charge is 0.229 e. The molecular weight excluding hydrogens is 365 g/mol. The van der Waals surface area contributed by atoms with E-state index in [0.29, 0.717) is 5.82 Å². The Morgan fingerprint density at radius 2 is 1.85 bits per heavy atom. The van der Waals surface area contributed by atoms with Crippen LogP contribution in [0.4, 0.5) is 15.9 Å². The van der Waals surface area contributed by atoms with E-state index in [1.54, 1.807) is 24.4 Å². The van der Waals surface area contributed by atoms with E-state index in [4.69, 9.17) is 11.6 Å². The van der Waals surface area contributed by atoms with Crippen LogP contribution in [-0.2, 0) is 17.6 Å². The van der Waals surface area contributed by atoms with Crippen LogP contribution in [0, 0.1) is 5.82 Å². The van der Waals surface area contributed by atoms with Gasteiger partial charge in [-0.05, 0) is 53.9 Å². The van der Waals surface area contributed by atoms with E-state index in [9.17, 15) is 9.18 Å². The number of halogens is 2. The molecule has 0 fully saturated rings. The van der Waals surface area contributed by atoms with Crippen LogP contribution >= 0.6 is 11.6 Å². The molecular formula is C21H19ClFN3O. The van der Waals surface area contributed by atoms with Crippen molar-refractivity contribution in [3.05, 3.63) is 88.8 Å². The molecule has 3 aromatic rings. The molecule has 0 unspecified atom stereocenters. The molecule has 0 aliphatic rings. The quantitative estimate of drug-likeness (QED) is 0.621. The van der Waals surface area contributed by atoms with Crippen molar-refractivity contribution in [1.29, 1.82) is 0 Å². The van der Waals surface area contributed by atoms with E-state index in [-0.39, 0.29) is 18.1 Å². The Morgan fingerprint density at radius 3 is 2.56 bits per heavy atom. The molecule has 0 atom stereocenters. The number of nitrogens with one attached hydrogen (secondary N) is 2. The van der Waals surface area contributed by atoms with Crippen LogP contribution in [0.2, 0.25) is 5.02 Å². The lowest BCUT2D eigenvalue weighted by Gasteiger charge is -2.08. The summed E-state index contributed by atoms with van der Waals surface area (Å²) in [5.74, 6) is -0.0439. The van der Waals surface area contributed by atoms with Crippen LogP contribution in [0.3, 0.4) is 0 Å². The summed E-state index contributed by atoms with van der Waals surface area (Å²) in [6.07, 6.45) is 2.68. The molecule has 0 aliphatic heterocycles. The third kappa shape index (κ3) is 6.08. The zero-order valence-electron chi connectivity index (χ0n) is 14.6. The molecule has 0 bridgehead atoms. The topological polar surface area (TPSA) is 54.0 Å². The Labute approximate surface area is 162 Å². The molecule has 0 aliphatic carbocycles. The van der Waals surface area contributed by atoms with Gasteiger partial charge < -0.3 is 10.6 Å². The van der Waals surface area contributed by atoms with Crippen molar-refractivity contribution >= 4 is 29.0 Å². The Kier molecular flexibility index (Phi) is 6.39. The summed E-state index contributed by atoms with van der Waals surface area (Å²) in [6.45, 7) is 0.748. The van der Waals surface area contributed by atoms with E-state index in [1.807, 2.05) is 30.3 Å². The zero-order chi connectivity index (χ0) is 19.1. The number of hydrogen-bond donors (Lipinski definition) is 2. The summed E-state index contributed by atoms with van der Waals surface area (Å²) in [5, 5.41) is 6.75. The molecule has 1 heterocycles. The lowest BCUT2D eigenvalue weighted by atomic mass is 10.1. The van der Waals surface area contributed by atoms with Crippen molar-refractivity contribution in [2.45, 2.75) is 12.8 Å². The molecule has 3 rings (SSSR count). The molecule has 27 heavy (non-hydrogen) atoms. The highest BCUT2D eigenvalue weighted by molar-refractivity contribution is 6.30. The first-order chi connectivity index (χ1) is 13.1. The molecule has 0 radical (unpaired) electrons. The number of anilines is 2. The second-order valence-corrected chi connectivity index (χ2v) is 6.53. The van der Waals surface area contributed by atoms with Crippen LogP contribution < -0.4 is 10.6 Å². The summed E-state index contributed by atoms with van der Waals surface area (Å²) in [6, 6.07) is 17.2. The van der Waals surface area contributed by atoms with Crippen LogP contribution in [0.15, 0.2) is 66.9 Å². The molecule has 1 amide bonds. The molecule has 2 N–H and O–H groups in total. The summed E-state index contributed by atoms with van der Waals surface area (Å²) in [7, 11) is 0. The van der Waals surface area contributed by atoms with Crippen LogP contribution in [0.1, 0.15) is 11.1 Å². The van der Waals surface area contributed by atoms with Gasteiger partial charge in [0, 0.05) is 11.6 Å². The minimum atomic E-state index is -0.320. The standard InChI is InChI=1S/C21H19ClFN3O/c22-17-3-1-2-15(12-17)10-11-24-19-8-9-20(25-14-19)26-21(27)13-16-4-6-18(23)7-5-16/h1-9,12,14,24H,10-11,13H2,(H,25,26,27). The number of aromatic nitrogens is 1. The zero-order valence-corrected chi connectivity index (χ0v) is 15.3. The largest absolute Gasteiger partial charge is 0.383 e. The monoisotopic (exact) mass is 383 g/mol. The fraction of sp³-hybridized carbons (Fsp3) is 0.143. The highest BCUT2D eigenvalue weighted by atomic mass is 35.5. The second-order valence-electron chi connectivity index (χ2n) is 6.09. The number of hydrogen-bond acceptors (Lipinski definition) is 3. The van der Waals surface area contributed by atoms with Gasteiger partial charge in [-0.1, -0.05) is 35.9 Å². The van der Waals surface area contributed by atoms with E-state index >= 15 is 0 Å². The molecule has 0 spiro atoms. The summed E-state index contributed by atoms with van der Waals surface area (Å²) >= 11 is 5.98. The van der Waals surface area contributed by atoms with Gasteiger partial charge in [0.25, 0.3) is 0 Å². The molecule has 6 heteroatoms. The summed E-state index contributed by atoms with van der Waals surface area (Å²) in [5.41, 5.74) is 2.77. The maximum Gasteiger partial charge on any atom is 0.229 e. The van der Waals surface area contributed by atoms with Gasteiger partial charge in [-0.25, -0.2) is 9.37 Å². The SMILES string of the molecule is O=C(Cc1ccc(F)cc1)Nc1ccc(NCCc2cccc(Cl)c2)cn1. The average molecular weight is 384 g/mol. The van der Waals surface area contributed by atoms with Crippen molar-refractivity contribution in [2.75, 3.05) is 17.2 Å². The lowest BCUT2D eigenvalue weighted by Crippen LogP contribution is -2.15. The molecule has 0 saturated heterocycles. The highest BCUT2D eigenvalue weighted by Gasteiger charge is 2.05. The number of nitrogens with zero attached hydrogens (tertiary/aromatic N) is 1. The maximum atomic E-state index is 12.9. The molecule has 2 aromatic carbocycles. The number of rotatable bonds is 7. The first kappa shape index (κ1) is 18.9. The van der Waals surface area contributed by atoms with Crippen LogP contribution in [0.25, 0.3) is 0 Å². The van der Waals surface area contributed by atoms with Crippen molar-refractivity contribution < 1.29 is 9.18 Å². The van der Waals surface area contributed by atoms with Crippen molar-refractivity contribution in [1.82, 2.24) is 4.98 Å². The van der Waals surface area contributed by atoms with Gasteiger partial charge in [0.15, 0.2) is 0 Å². The minimum Gasteiger partial charge on any atom is -0.383 e. The van der Waals surface area contributed by atoms with E-state index < -0.39 is 0 Å². The predicted molar refractivity (Wildman–Crippen MR) is 107 cm³/mol. The Hall–Kier alpha value is -2.92. The second kappa shape index (κ2) is 9.14. The fourth-order valence-electron chi connectivity index (χ4n) is 2.59. The highest BCUT2D eigenvalue weighted by Crippen LogP contribution is 2.13. The minimum absolute atomic E-state index is 0.168. The molecule has 0 saturated carbocycles. The van der Waals surface area contributed by atoms with Crippen molar-refractivity contribution in [3.8, 4) is 0 Å². The summed E-state index contributed by atoms with van der Waals surface area (Å²) < 4.78 is 12.9. The van der Waals surface area contributed by atoms with Gasteiger partial charge in [0.1, 0.15) is 11.6 Å². The fourth-order valence-corrected chi connectivity index (χ4v) is 2.80. The Balaban J connectivity index is 1.46. The number of benzene rings is 2. The first-order valence-electron chi connectivity index (χ1n) is 8.57. The first-order valence-corrected chi connectivity index (χ1v) is 8.95. The average Bonchev–Trinajstić information content (AvgIpc) is 2.65. The van der Waals surface area contributed by atoms with Gasteiger partial charge in [-0.2, -0.15) is 0 Å². The van der Waals surface area contributed by atoms with Crippen molar-refractivity contribution in [2.24, 2.45) is 0 Å². The Bertz CT molecular complexity index is 898. The van der Waals surface area contributed by atoms with Crippen molar-refractivity contribution in [3.63, 3.8) is 0 Å². The third-order valence-corrected chi connectivity index (χ3v) is 4.18. The predicted octanol–water partition coefficient (Wildman–Crippen LogP) is 4.71. The maximum absolute atomic E-state index is 12.9. The number of carbonyl (C=O) groups is 1. The molecule has 1 aromatic heterocycles. The van der Waals surface area contributed by atoms with Gasteiger partial charge in [-0.3, -0.25) is 4.79 Å². The van der Waals surface area contributed by atoms with Gasteiger partial charge in [0.05, 0.1) is 18.3 Å². The molecule has 4 nitrogen and oxygen atoms in total. The van der Waals surface area contributed by atoms with Crippen LogP contribution in [0.5, 0.6) is 0 Å². The third-order valence-electron chi connectivity index (χ3n) is 3.94.